The molecule has 0 bridgehead atoms. The molecule has 0 heterocycles. The average Bonchev–Trinajstić information content (AvgIpc) is 3.03. The summed E-state index contributed by atoms with van der Waals surface area (Å²) in [5.74, 6) is 3.48. The highest BCUT2D eigenvalue weighted by Crippen LogP contribution is 2.65. The van der Waals surface area contributed by atoms with Gasteiger partial charge in [0.25, 0.3) is 0 Å². The van der Waals surface area contributed by atoms with E-state index >= 15 is 0 Å². The van der Waals surface area contributed by atoms with Gasteiger partial charge in [0.2, 0.25) is 0 Å². The molecular formula is C27H46O2. The fourth-order valence-corrected chi connectivity index (χ4v) is 7.96. The van der Waals surface area contributed by atoms with Crippen LogP contribution in [0.1, 0.15) is 111 Å². The fraction of sp³-hybridized carbons (Fsp3) is 0.889. The standard InChI is InChI=1S/C26H44O.CH2O/c1-18(2)7-5-6-8-19-10-12-23-22-11-9-20-17-21(27)13-15-26(20,4)24(22)14-16-25(19,23)3;1-2/h18-21,23,27H,5-17H2,1-4H3;1H2. The van der Waals surface area contributed by atoms with Gasteiger partial charge in [-0.05, 0) is 98.7 Å². The van der Waals surface area contributed by atoms with Crippen molar-refractivity contribution in [1.82, 2.24) is 0 Å². The number of carbonyl (C=O) groups excluding carboxylic acids is 1. The lowest BCUT2D eigenvalue weighted by atomic mass is 9.51. The maximum Gasteiger partial charge on any atom is 0.106 e. The molecule has 29 heavy (non-hydrogen) atoms. The van der Waals surface area contributed by atoms with Gasteiger partial charge in [0.1, 0.15) is 6.79 Å². The lowest BCUT2D eigenvalue weighted by Gasteiger charge is -2.54. The summed E-state index contributed by atoms with van der Waals surface area (Å²) in [7, 11) is 0. The normalized spacial score (nSPS) is 41.3. The van der Waals surface area contributed by atoms with Crippen molar-refractivity contribution in [2.45, 2.75) is 117 Å². The van der Waals surface area contributed by atoms with Crippen LogP contribution in [-0.4, -0.2) is 18.0 Å². The van der Waals surface area contributed by atoms with E-state index in [0.717, 1.165) is 36.5 Å². The zero-order valence-electron chi connectivity index (χ0n) is 19.6. The zero-order chi connectivity index (χ0) is 21.2. The van der Waals surface area contributed by atoms with Gasteiger partial charge in [0.15, 0.2) is 0 Å². The summed E-state index contributed by atoms with van der Waals surface area (Å²) >= 11 is 0. The molecule has 0 radical (unpaired) electrons. The minimum atomic E-state index is -0.0271. The van der Waals surface area contributed by atoms with E-state index in [4.69, 9.17) is 4.79 Å². The van der Waals surface area contributed by atoms with Crippen LogP contribution in [0, 0.1) is 34.5 Å². The van der Waals surface area contributed by atoms with Crippen LogP contribution < -0.4 is 0 Å². The van der Waals surface area contributed by atoms with Crippen LogP contribution in [0.5, 0.6) is 0 Å². The maximum atomic E-state index is 10.2. The highest BCUT2D eigenvalue weighted by molar-refractivity contribution is 5.34. The summed E-state index contributed by atoms with van der Waals surface area (Å²) in [5.41, 5.74) is 4.81. The number of hydrogen-bond donors (Lipinski definition) is 1. The zero-order valence-corrected chi connectivity index (χ0v) is 19.6. The Balaban J connectivity index is 0.00000117. The first-order chi connectivity index (χ1) is 13.8. The van der Waals surface area contributed by atoms with Crippen LogP contribution in [0.25, 0.3) is 0 Å². The largest absolute Gasteiger partial charge is 0.393 e. The summed E-state index contributed by atoms with van der Waals surface area (Å²) in [6.45, 7) is 12.0. The maximum absolute atomic E-state index is 10.2. The number of fused-ring (bicyclic) bond motifs is 4. The number of rotatable bonds is 5. The van der Waals surface area contributed by atoms with Gasteiger partial charge in [-0.1, -0.05) is 58.1 Å². The van der Waals surface area contributed by atoms with E-state index < -0.39 is 0 Å². The number of aliphatic hydroxyl groups is 1. The van der Waals surface area contributed by atoms with Gasteiger partial charge < -0.3 is 9.90 Å². The van der Waals surface area contributed by atoms with Crippen molar-refractivity contribution in [1.29, 1.82) is 0 Å². The van der Waals surface area contributed by atoms with Crippen LogP contribution in [0.3, 0.4) is 0 Å². The molecule has 6 unspecified atom stereocenters. The monoisotopic (exact) mass is 402 g/mol. The molecule has 0 aromatic carbocycles. The fourth-order valence-electron chi connectivity index (χ4n) is 7.96. The molecule has 2 saturated carbocycles. The van der Waals surface area contributed by atoms with E-state index in [0.29, 0.717) is 10.8 Å². The first kappa shape index (κ1) is 23.0. The van der Waals surface area contributed by atoms with Crippen molar-refractivity contribution in [2.24, 2.45) is 34.5 Å². The molecule has 2 heteroatoms. The second kappa shape index (κ2) is 9.25. The topological polar surface area (TPSA) is 37.3 Å². The van der Waals surface area contributed by atoms with E-state index in [1.165, 1.54) is 70.6 Å². The van der Waals surface area contributed by atoms with Gasteiger partial charge in [-0.15, -0.1) is 0 Å². The van der Waals surface area contributed by atoms with Crippen LogP contribution in [-0.2, 0) is 4.79 Å². The lowest BCUT2D eigenvalue weighted by molar-refractivity contribution is -0.0979. The van der Waals surface area contributed by atoms with Crippen LogP contribution in [0.2, 0.25) is 0 Å². The third kappa shape index (κ3) is 4.25. The molecule has 0 aromatic heterocycles. The molecule has 1 N–H and O–H groups in total. The predicted octanol–water partition coefficient (Wildman–Crippen LogP) is 7.10. The molecule has 0 saturated heterocycles. The second-order valence-corrected chi connectivity index (χ2v) is 11.6. The van der Waals surface area contributed by atoms with Crippen molar-refractivity contribution in [3.63, 3.8) is 0 Å². The second-order valence-electron chi connectivity index (χ2n) is 11.6. The summed E-state index contributed by atoms with van der Waals surface area (Å²) in [6.07, 6.45) is 17.5. The van der Waals surface area contributed by atoms with Crippen molar-refractivity contribution < 1.29 is 9.90 Å². The minimum absolute atomic E-state index is 0.0271. The summed E-state index contributed by atoms with van der Waals surface area (Å²) in [5, 5.41) is 10.2. The average molecular weight is 403 g/mol. The Labute approximate surface area is 179 Å². The van der Waals surface area contributed by atoms with Gasteiger partial charge in [0.05, 0.1) is 6.10 Å². The lowest BCUT2D eigenvalue weighted by Crippen LogP contribution is -2.45. The Morgan fingerprint density at radius 3 is 2.52 bits per heavy atom. The number of carbonyl (C=O) groups is 1. The molecule has 4 aliphatic rings. The van der Waals surface area contributed by atoms with E-state index in [1.807, 2.05) is 17.9 Å². The van der Waals surface area contributed by atoms with Crippen LogP contribution in [0.4, 0.5) is 0 Å². The number of unbranched alkanes of at least 4 members (excludes halogenated alkanes) is 1. The van der Waals surface area contributed by atoms with Gasteiger partial charge in [-0.25, -0.2) is 0 Å². The van der Waals surface area contributed by atoms with Gasteiger partial charge >= 0.3 is 0 Å². The number of aliphatic hydroxyl groups excluding tert-OH is 1. The molecule has 0 aliphatic heterocycles. The van der Waals surface area contributed by atoms with Gasteiger partial charge in [-0.3, -0.25) is 0 Å². The Morgan fingerprint density at radius 2 is 1.79 bits per heavy atom. The quantitative estimate of drug-likeness (QED) is 0.393. The third-order valence-corrected chi connectivity index (χ3v) is 9.74. The molecule has 0 aromatic rings. The highest BCUT2D eigenvalue weighted by atomic mass is 16.3. The molecule has 2 nitrogen and oxygen atoms in total. The number of allylic oxidation sites excluding steroid dienone is 2. The summed E-state index contributed by atoms with van der Waals surface area (Å²) in [6, 6.07) is 0. The van der Waals surface area contributed by atoms with Gasteiger partial charge in [-0.2, -0.15) is 0 Å². The molecular weight excluding hydrogens is 356 g/mol. The summed E-state index contributed by atoms with van der Waals surface area (Å²) < 4.78 is 0. The molecule has 0 amide bonds. The smallest absolute Gasteiger partial charge is 0.106 e. The SMILES string of the molecule is C=O.CC(C)CCCCC1CCC2C3=C(CCC12C)C1(C)CCC(O)CC1CC3. The molecule has 166 valence electrons. The highest BCUT2D eigenvalue weighted by Gasteiger charge is 2.54. The summed E-state index contributed by atoms with van der Waals surface area (Å²) in [4.78, 5) is 8.00. The third-order valence-electron chi connectivity index (χ3n) is 9.74. The van der Waals surface area contributed by atoms with Crippen LogP contribution in [0.15, 0.2) is 11.1 Å². The van der Waals surface area contributed by atoms with E-state index in [-0.39, 0.29) is 6.10 Å². The first-order valence-corrected chi connectivity index (χ1v) is 12.5. The molecule has 4 rings (SSSR count). The van der Waals surface area contributed by atoms with Crippen molar-refractivity contribution >= 4 is 6.79 Å². The van der Waals surface area contributed by atoms with E-state index in [9.17, 15) is 5.11 Å². The van der Waals surface area contributed by atoms with Crippen molar-refractivity contribution in [3.05, 3.63) is 11.1 Å². The number of hydrogen-bond acceptors (Lipinski definition) is 2. The van der Waals surface area contributed by atoms with Crippen molar-refractivity contribution in [2.75, 3.05) is 0 Å². The Morgan fingerprint density at radius 1 is 1.03 bits per heavy atom. The molecule has 6 atom stereocenters. The molecule has 4 aliphatic carbocycles. The van der Waals surface area contributed by atoms with Gasteiger partial charge in [0, 0.05) is 0 Å². The van der Waals surface area contributed by atoms with Crippen LogP contribution >= 0.6 is 0 Å². The van der Waals surface area contributed by atoms with Crippen molar-refractivity contribution in [3.8, 4) is 0 Å². The Bertz CT molecular complexity index is 593. The molecule has 0 spiro atoms. The predicted molar refractivity (Wildman–Crippen MR) is 122 cm³/mol. The van der Waals surface area contributed by atoms with E-state index in [1.54, 1.807) is 0 Å². The Kier molecular flexibility index (Phi) is 7.35. The molecule has 2 fully saturated rings. The minimum Gasteiger partial charge on any atom is -0.393 e. The first-order valence-electron chi connectivity index (χ1n) is 12.5. The Hall–Kier alpha value is -0.630. The van der Waals surface area contributed by atoms with E-state index in [2.05, 4.69) is 27.7 Å².